The standard InChI is InChI=1S/C18H10ClF3N4O2/c1-25-7-11(17(22)24-25)10-5-9(20)6-12(21)14(10)15-16(19)26-3-2-8(18(27)28)4-13(26)23-15/h2-7H,1H3,(H,27,28). The van der Waals surface area contributed by atoms with Crippen molar-refractivity contribution in [3.05, 3.63) is 65.0 Å². The summed E-state index contributed by atoms with van der Waals surface area (Å²) >= 11 is 6.32. The fraction of sp³-hybridized carbons (Fsp3) is 0.0556. The van der Waals surface area contributed by atoms with Crippen molar-refractivity contribution >= 4 is 23.2 Å². The molecule has 0 aliphatic heterocycles. The molecule has 0 atom stereocenters. The molecule has 3 aromatic heterocycles. The van der Waals surface area contributed by atoms with E-state index < -0.39 is 23.6 Å². The molecule has 28 heavy (non-hydrogen) atoms. The number of pyridine rings is 1. The number of nitrogens with zero attached hydrogens (tertiary/aromatic N) is 4. The molecule has 0 spiro atoms. The molecule has 0 fully saturated rings. The molecular formula is C18H10ClF3N4O2. The van der Waals surface area contributed by atoms with E-state index in [0.29, 0.717) is 6.07 Å². The highest BCUT2D eigenvalue weighted by molar-refractivity contribution is 6.32. The molecule has 0 saturated heterocycles. The summed E-state index contributed by atoms with van der Waals surface area (Å²) in [4.78, 5) is 15.3. The average Bonchev–Trinajstić information content (AvgIpc) is 3.13. The summed E-state index contributed by atoms with van der Waals surface area (Å²) in [6, 6.07) is 4.15. The van der Waals surface area contributed by atoms with Gasteiger partial charge in [0.15, 0.2) is 0 Å². The van der Waals surface area contributed by atoms with Crippen LogP contribution < -0.4 is 0 Å². The second-order valence-electron chi connectivity index (χ2n) is 6.02. The zero-order valence-electron chi connectivity index (χ0n) is 14.1. The van der Waals surface area contributed by atoms with Crippen LogP contribution >= 0.6 is 11.6 Å². The first-order valence-electron chi connectivity index (χ1n) is 7.86. The van der Waals surface area contributed by atoms with Crippen molar-refractivity contribution in [1.82, 2.24) is 19.2 Å². The molecule has 142 valence electrons. The first-order chi connectivity index (χ1) is 13.3. The Morgan fingerprint density at radius 3 is 2.57 bits per heavy atom. The SMILES string of the molecule is Cn1cc(-c2cc(F)cc(F)c2-c2nc3cc(C(=O)O)ccn3c2Cl)c(F)n1. The Labute approximate surface area is 160 Å². The zero-order chi connectivity index (χ0) is 20.2. The molecule has 1 N–H and O–H groups in total. The maximum Gasteiger partial charge on any atom is 0.335 e. The molecule has 0 amide bonds. The van der Waals surface area contributed by atoms with Gasteiger partial charge in [0.25, 0.3) is 0 Å². The number of fused-ring (bicyclic) bond motifs is 1. The van der Waals surface area contributed by atoms with E-state index in [1.54, 1.807) is 0 Å². The predicted octanol–water partition coefficient (Wildman–Crippen LogP) is 4.17. The van der Waals surface area contributed by atoms with Crippen molar-refractivity contribution in [2.45, 2.75) is 0 Å². The number of benzene rings is 1. The quantitative estimate of drug-likeness (QED) is 0.554. The van der Waals surface area contributed by atoms with Crippen LogP contribution in [-0.2, 0) is 7.05 Å². The predicted molar refractivity (Wildman–Crippen MR) is 94.7 cm³/mol. The maximum absolute atomic E-state index is 14.7. The van der Waals surface area contributed by atoms with Crippen molar-refractivity contribution in [3.63, 3.8) is 0 Å². The van der Waals surface area contributed by atoms with Crippen LogP contribution in [0.15, 0.2) is 36.7 Å². The van der Waals surface area contributed by atoms with Crippen molar-refractivity contribution in [3.8, 4) is 22.4 Å². The molecule has 0 saturated carbocycles. The molecule has 6 nitrogen and oxygen atoms in total. The molecule has 0 bridgehead atoms. The number of carboxylic acids is 1. The number of carboxylic acid groups (broad SMARTS) is 1. The number of aromatic nitrogens is 4. The molecule has 0 aliphatic carbocycles. The first-order valence-corrected chi connectivity index (χ1v) is 8.24. The van der Waals surface area contributed by atoms with Gasteiger partial charge in [0.1, 0.15) is 28.1 Å². The normalized spacial score (nSPS) is 11.3. The summed E-state index contributed by atoms with van der Waals surface area (Å²) in [7, 11) is 1.47. The van der Waals surface area contributed by atoms with Crippen LogP contribution in [0.2, 0.25) is 5.15 Å². The number of halogens is 4. The Morgan fingerprint density at radius 1 is 1.18 bits per heavy atom. The van der Waals surface area contributed by atoms with Crippen LogP contribution in [0, 0.1) is 17.6 Å². The van der Waals surface area contributed by atoms with E-state index >= 15 is 0 Å². The van der Waals surface area contributed by atoms with E-state index in [1.807, 2.05) is 0 Å². The number of rotatable bonds is 3. The van der Waals surface area contributed by atoms with Crippen LogP contribution in [0.5, 0.6) is 0 Å². The van der Waals surface area contributed by atoms with Crippen molar-refractivity contribution < 1.29 is 23.1 Å². The van der Waals surface area contributed by atoms with Gasteiger partial charge < -0.3 is 5.11 Å². The number of aromatic carboxylic acids is 1. The van der Waals surface area contributed by atoms with E-state index in [0.717, 1.165) is 6.07 Å². The first kappa shape index (κ1) is 18.1. The smallest absolute Gasteiger partial charge is 0.335 e. The summed E-state index contributed by atoms with van der Waals surface area (Å²) in [6.45, 7) is 0. The number of aryl methyl sites for hydroxylation is 1. The Morgan fingerprint density at radius 2 is 1.93 bits per heavy atom. The van der Waals surface area contributed by atoms with Crippen LogP contribution in [0.4, 0.5) is 13.2 Å². The van der Waals surface area contributed by atoms with Crippen molar-refractivity contribution in [1.29, 1.82) is 0 Å². The molecule has 0 aliphatic rings. The summed E-state index contributed by atoms with van der Waals surface area (Å²) in [6.07, 6.45) is 2.64. The molecule has 4 rings (SSSR count). The van der Waals surface area contributed by atoms with E-state index in [4.69, 9.17) is 16.7 Å². The fourth-order valence-electron chi connectivity index (χ4n) is 2.98. The number of hydrogen-bond donors (Lipinski definition) is 1. The number of imidazole rings is 1. The van der Waals surface area contributed by atoms with Crippen molar-refractivity contribution in [2.24, 2.45) is 7.05 Å². The summed E-state index contributed by atoms with van der Waals surface area (Å²) < 4.78 is 45.3. The molecule has 4 aromatic rings. The Hall–Kier alpha value is -3.33. The minimum Gasteiger partial charge on any atom is -0.478 e. The van der Waals surface area contributed by atoms with E-state index in [2.05, 4.69) is 10.1 Å². The molecule has 0 radical (unpaired) electrons. The van der Waals surface area contributed by atoms with Gasteiger partial charge in [0.2, 0.25) is 5.95 Å². The van der Waals surface area contributed by atoms with Crippen LogP contribution in [-0.4, -0.2) is 30.2 Å². The monoisotopic (exact) mass is 406 g/mol. The molecule has 0 unspecified atom stereocenters. The lowest BCUT2D eigenvalue weighted by molar-refractivity contribution is 0.0697. The third-order valence-corrected chi connectivity index (χ3v) is 4.54. The molecular weight excluding hydrogens is 397 g/mol. The summed E-state index contributed by atoms with van der Waals surface area (Å²) in [5, 5.41) is 12.6. The topological polar surface area (TPSA) is 72.4 Å². The third kappa shape index (κ3) is 2.80. The van der Waals surface area contributed by atoms with Gasteiger partial charge in [0.05, 0.1) is 11.1 Å². The van der Waals surface area contributed by atoms with Gasteiger partial charge in [-0.15, -0.1) is 5.10 Å². The van der Waals surface area contributed by atoms with Crippen LogP contribution in [0.1, 0.15) is 10.4 Å². The van der Waals surface area contributed by atoms with E-state index in [1.165, 1.54) is 40.7 Å². The average molecular weight is 407 g/mol. The highest BCUT2D eigenvalue weighted by atomic mass is 35.5. The van der Waals surface area contributed by atoms with Crippen molar-refractivity contribution in [2.75, 3.05) is 0 Å². The highest BCUT2D eigenvalue weighted by Gasteiger charge is 2.24. The lowest BCUT2D eigenvalue weighted by atomic mass is 9.99. The number of carbonyl (C=O) groups is 1. The lowest BCUT2D eigenvalue weighted by Crippen LogP contribution is -1.97. The van der Waals surface area contributed by atoms with Gasteiger partial charge in [0, 0.05) is 36.6 Å². The minimum atomic E-state index is -1.17. The van der Waals surface area contributed by atoms with Gasteiger partial charge in [-0.1, -0.05) is 11.6 Å². The van der Waals surface area contributed by atoms with Gasteiger partial charge in [-0.25, -0.2) is 18.6 Å². The van der Waals surface area contributed by atoms with Crippen LogP contribution in [0.3, 0.4) is 0 Å². The molecule has 1 aromatic carbocycles. The Balaban J connectivity index is 2.03. The molecule has 10 heteroatoms. The number of hydrogen-bond acceptors (Lipinski definition) is 3. The van der Waals surface area contributed by atoms with Gasteiger partial charge >= 0.3 is 5.97 Å². The minimum absolute atomic E-state index is 0.0389. The van der Waals surface area contributed by atoms with Gasteiger partial charge in [-0.2, -0.15) is 4.39 Å². The van der Waals surface area contributed by atoms with E-state index in [9.17, 15) is 18.0 Å². The summed E-state index contributed by atoms with van der Waals surface area (Å²) in [5.74, 6) is -3.99. The second kappa shape index (κ2) is 6.38. The maximum atomic E-state index is 14.7. The second-order valence-corrected chi connectivity index (χ2v) is 6.38. The van der Waals surface area contributed by atoms with Gasteiger partial charge in [-0.3, -0.25) is 9.08 Å². The van der Waals surface area contributed by atoms with Gasteiger partial charge in [-0.05, 0) is 18.2 Å². The Kier molecular flexibility index (Phi) is 4.11. The zero-order valence-corrected chi connectivity index (χ0v) is 14.9. The third-order valence-electron chi connectivity index (χ3n) is 4.18. The highest BCUT2D eigenvalue weighted by Crippen LogP contribution is 2.39. The lowest BCUT2D eigenvalue weighted by Gasteiger charge is -2.08. The van der Waals surface area contributed by atoms with Crippen LogP contribution in [0.25, 0.3) is 28.0 Å². The fourth-order valence-corrected chi connectivity index (χ4v) is 3.26. The Bertz CT molecular complexity index is 1270. The summed E-state index contributed by atoms with van der Waals surface area (Å²) in [5.41, 5.74) is -0.457. The molecule has 3 heterocycles. The van der Waals surface area contributed by atoms with E-state index in [-0.39, 0.29) is 38.7 Å². The largest absolute Gasteiger partial charge is 0.478 e.